The third-order valence-electron chi connectivity index (χ3n) is 6.82. The number of benzene rings is 1. The van der Waals surface area contributed by atoms with Crippen LogP contribution in [0.25, 0.3) is 16.6 Å². The lowest BCUT2D eigenvalue weighted by Gasteiger charge is -2.15. The molecule has 2 aromatic heterocycles. The molecule has 3 aromatic rings. The maximum atomic E-state index is 12.4. The lowest BCUT2D eigenvalue weighted by Crippen LogP contribution is -2.26. The molecule has 2 aliphatic rings. The Labute approximate surface area is 222 Å². The summed E-state index contributed by atoms with van der Waals surface area (Å²) in [6.45, 7) is 3.90. The molecular weight excluding hydrogens is 480 g/mol. The van der Waals surface area contributed by atoms with Crippen LogP contribution < -0.4 is 10.6 Å². The number of nitrogens with one attached hydrogen (secondary N) is 3. The number of aliphatic imine (C=N–C) groups is 1. The molecule has 0 fully saturated rings. The summed E-state index contributed by atoms with van der Waals surface area (Å²) in [5.41, 5.74) is 6.66. The van der Waals surface area contributed by atoms with Crippen molar-refractivity contribution in [1.29, 1.82) is 0 Å². The standard InChI is InChI=1S/C29H34N6O3/c1-19-6-5-13-31-24(19)17-32-29(36)25-18-38-28(35-25)12-15-30-14-11-27-33-22-10-9-20(16-23(22)34-27)21-7-3-4-8-26(21)37-2/h7-10,13,16,18,30H,3-6,11-12,14-15,17H2,1-2H3,(H,32,36)(H,33,34). The number of imidazole rings is 1. The first-order valence-electron chi connectivity index (χ1n) is 13.2. The Bertz CT molecular complexity index is 1420. The summed E-state index contributed by atoms with van der Waals surface area (Å²) in [7, 11) is 1.72. The topological polar surface area (TPSA) is 117 Å². The first kappa shape index (κ1) is 25.7. The molecule has 198 valence electrons. The summed E-state index contributed by atoms with van der Waals surface area (Å²) < 4.78 is 11.0. The van der Waals surface area contributed by atoms with E-state index in [1.54, 1.807) is 7.11 Å². The molecule has 0 bridgehead atoms. The van der Waals surface area contributed by atoms with Crippen LogP contribution in [0.5, 0.6) is 0 Å². The van der Waals surface area contributed by atoms with Gasteiger partial charge in [-0.05, 0) is 62.0 Å². The number of aromatic nitrogens is 3. The number of allylic oxidation sites excluding steroid dienone is 4. The second-order valence-electron chi connectivity index (χ2n) is 9.52. The van der Waals surface area contributed by atoms with E-state index < -0.39 is 0 Å². The van der Waals surface area contributed by atoms with E-state index in [-0.39, 0.29) is 11.6 Å². The first-order chi connectivity index (χ1) is 18.6. The van der Waals surface area contributed by atoms with E-state index in [0.29, 0.717) is 25.4 Å². The minimum atomic E-state index is -0.253. The molecule has 0 radical (unpaired) electrons. The van der Waals surface area contributed by atoms with Gasteiger partial charge in [0.05, 0.1) is 30.4 Å². The summed E-state index contributed by atoms with van der Waals surface area (Å²) in [4.78, 5) is 29.3. The van der Waals surface area contributed by atoms with Crippen molar-refractivity contribution in [1.82, 2.24) is 25.6 Å². The normalized spacial score (nSPS) is 15.5. The number of rotatable bonds is 11. The third-order valence-corrected chi connectivity index (χ3v) is 6.82. The molecule has 1 aliphatic carbocycles. The van der Waals surface area contributed by atoms with Gasteiger partial charge in [-0.15, -0.1) is 0 Å². The second-order valence-corrected chi connectivity index (χ2v) is 9.52. The summed E-state index contributed by atoms with van der Waals surface area (Å²) >= 11 is 0. The Morgan fingerprint density at radius 3 is 2.87 bits per heavy atom. The molecule has 9 nitrogen and oxygen atoms in total. The number of H-pyrrole nitrogens is 1. The molecule has 5 rings (SSSR count). The van der Waals surface area contributed by atoms with Crippen molar-refractivity contribution in [2.45, 2.75) is 45.4 Å². The quantitative estimate of drug-likeness (QED) is 0.324. The van der Waals surface area contributed by atoms with Crippen LogP contribution in [-0.4, -0.2) is 53.8 Å². The number of nitrogens with zero attached hydrogens (tertiary/aromatic N) is 3. The highest BCUT2D eigenvalue weighted by Crippen LogP contribution is 2.30. The van der Waals surface area contributed by atoms with Gasteiger partial charge in [0.15, 0.2) is 11.6 Å². The van der Waals surface area contributed by atoms with Gasteiger partial charge in [0.1, 0.15) is 17.8 Å². The maximum Gasteiger partial charge on any atom is 0.273 e. The SMILES string of the molecule is COC1=CCCC=C1c1ccc2nc(CCNCCc3nc(C(=O)NCC4=C(C)CCC=N4)co3)[nH]c2c1. The summed E-state index contributed by atoms with van der Waals surface area (Å²) in [5, 5.41) is 6.27. The fourth-order valence-electron chi connectivity index (χ4n) is 4.67. The van der Waals surface area contributed by atoms with E-state index in [2.05, 4.69) is 62.9 Å². The molecule has 1 aliphatic heterocycles. The minimum absolute atomic E-state index is 0.253. The highest BCUT2D eigenvalue weighted by Gasteiger charge is 2.15. The zero-order valence-corrected chi connectivity index (χ0v) is 22.0. The van der Waals surface area contributed by atoms with Crippen LogP contribution in [0.2, 0.25) is 0 Å². The molecule has 38 heavy (non-hydrogen) atoms. The summed E-state index contributed by atoms with van der Waals surface area (Å²) in [6.07, 6.45) is 13.0. The fraction of sp³-hybridized carbons (Fsp3) is 0.379. The van der Waals surface area contributed by atoms with Crippen molar-refractivity contribution in [2.75, 3.05) is 26.7 Å². The van der Waals surface area contributed by atoms with Crippen LogP contribution in [0.4, 0.5) is 0 Å². The molecule has 0 unspecified atom stereocenters. The number of oxazole rings is 1. The highest BCUT2D eigenvalue weighted by atomic mass is 16.5. The number of carbonyl (C=O) groups is 1. The number of aromatic amines is 1. The molecule has 0 atom stereocenters. The molecule has 1 aromatic carbocycles. The average molecular weight is 515 g/mol. The smallest absolute Gasteiger partial charge is 0.273 e. The zero-order chi connectivity index (χ0) is 26.3. The lowest BCUT2D eigenvalue weighted by molar-refractivity contribution is 0.0951. The van der Waals surface area contributed by atoms with Crippen molar-refractivity contribution >= 4 is 28.7 Å². The van der Waals surface area contributed by atoms with Gasteiger partial charge in [0.2, 0.25) is 0 Å². The number of amides is 1. The van der Waals surface area contributed by atoms with Crippen molar-refractivity contribution in [3.63, 3.8) is 0 Å². The van der Waals surface area contributed by atoms with Gasteiger partial charge < -0.3 is 24.8 Å². The van der Waals surface area contributed by atoms with E-state index in [1.807, 2.05) is 6.21 Å². The lowest BCUT2D eigenvalue weighted by atomic mass is 9.97. The van der Waals surface area contributed by atoms with Crippen LogP contribution in [0, 0.1) is 0 Å². The van der Waals surface area contributed by atoms with Crippen LogP contribution in [0.3, 0.4) is 0 Å². The monoisotopic (exact) mass is 514 g/mol. The fourth-order valence-corrected chi connectivity index (χ4v) is 4.67. The van der Waals surface area contributed by atoms with Crippen molar-refractivity contribution < 1.29 is 13.9 Å². The number of fused-ring (bicyclic) bond motifs is 1. The molecule has 0 spiro atoms. The van der Waals surface area contributed by atoms with Crippen LogP contribution in [0.1, 0.15) is 60.4 Å². The Balaban J connectivity index is 1.07. The first-order valence-corrected chi connectivity index (χ1v) is 13.2. The summed E-state index contributed by atoms with van der Waals surface area (Å²) in [5.74, 6) is 2.15. The number of methoxy groups -OCH3 is 1. The van der Waals surface area contributed by atoms with Crippen molar-refractivity contribution in [3.8, 4) is 0 Å². The van der Waals surface area contributed by atoms with Crippen LogP contribution in [-0.2, 0) is 17.6 Å². The van der Waals surface area contributed by atoms with Crippen molar-refractivity contribution in [2.24, 2.45) is 4.99 Å². The maximum absolute atomic E-state index is 12.4. The Morgan fingerprint density at radius 2 is 2.00 bits per heavy atom. The number of hydrogen-bond donors (Lipinski definition) is 3. The predicted molar refractivity (Wildman–Crippen MR) is 148 cm³/mol. The predicted octanol–water partition coefficient (Wildman–Crippen LogP) is 4.50. The average Bonchev–Trinajstić information content (AvgIpc) is 3.59. The van der Waals surface area contributed by atoms with Crippen molar-refractivity contribution in [3.05, 3.63) is 76.6 Å². The van der Waals surface area contributed by atoms with Gasteiger partial charge in [-0.2, -0.15) is 0 Å². The largest absolute Gasteiger partial charge is 0.496 e. The molecular formula is C29H34N6O3. The Hall–Kier alpha value is -3.98. The minimum Gasteiger partial charge on any atom is -0.496 e. The van der Waals surface area contributed by atoms with E-state index in [9.17, 15) is 4.79 Å². The number of ether oxygens (including phenoxy) is 1. The third kappa shape index (κ3) is 6.11. The zero-order valence-electron chi connectivity index (χ0n) is 22.0. The van der Waals surface area contributed by atoms with Gasteiger partial charge in [-0.25, -0.2) is 9.97 Å². The molecule has 0 saturated heterocycles. The van der Waals surface area contributed by atoms with Crippen LogP contribution >= 0.6 is 0 Å². The molecule has 3 heterocycles. The van der Waals surface area contributed by atoms with Gasteiger partial charge >= 0.3 is 0 Å². The van der Waals surface area contributed by atoms with E-state index in [4.69, 9.17) is 14.1 Å². The van der Waals surface area contributed by atoms with Gasteiger partial charge in [-0.1, -0.05) is 12.1 Å². The molecule has 1 amide bonds. The van der Waals surface area contributed by atoms with Crippen LogP contribution in [0.15, 0.2) is 63.1 Å². The van der Waals surface area contributed by atoms with E-state index in [1.165, 1.54) is 11.8 Å². The molecule has 9 heteroatoms. The number of carbonyl (C=O) groups excluding carboxylic acids is 1. The molecule has 0 saturated carbocycles. The van der Waals surface area contributed by atoms with E-state index >= 15 is 0 Å². The highest BCUT2D eigenvalue weighted by molar-refractivity contribution is 5.92. The Kier molecular flexibility index (Phi) is 8.13. The van der Waals surface area contributed by atoms with E-state index in [0.717, 1.165) is 78.1 Å². The summed E-state index contributed by atoms with van der Waals surface area (Å²) in [6, 6.07) is 6.29. The van der Waals surface area contributed by atoms with Gasteiger partial charge in [0.25, 0.3) is 5.91 Å². The second kappa shape index (κ2) is 12.0. The number of hydrogen-bond acceptors (Lipinski definition) is 7. The molecule has 3 N–H and O–H groups in total. The van der Waals surface area contributed by atoms with Gasteiger partial charge in [0, 0.05) is 37.7 Å². The Morgan fingerprint density at radius 1 is 1.13 bits per heavy atom. The van der Waals surface area contributed by atoms with Gasteiger partial charge in [-0.3, -0.25) is 9.79 Å².